The van der Waals surface area contributed by atoms with E-state index < -0.39 is 0 Å². The van der Waals surface area contributed by atoms with Gasteiger partial charge in [0.1, 0.15) is 6.54 Å². The number of likely N-dealkylation sites (N-methyl/N-ethyl adjacent to an activating group) is 1. The molecule has 2 amide bonds. The first kappa shape index (κ1) is 25.5. The minimum absolute atomic E-state index is 0.0511. The summed E-state index contributed by atoms with van der Waals surface area (Å²) in [6, 6.07) is 0.184. The molecule has 0 radical (unpaired) electrons. The van der Waals surface area contributed by atoms with Crippen molar-refractivity contribution in [2.75, 3.05) is 46.9 Å². The molecule has 0 unspecified atom stereocenters. The van der Waals surface area contributed by atoms with Crippen molar-refractivity contribution in [1.29, 1.82) is 0 Å². The van der Waals surface area contributed by atoms with Crippen molar-refractivity contribution in [3.8, 4) is 0 Å². The summed E-state index contributed by atoms with van der Waals surface area (Å²) in [5.74, 6) is 0.583. The van der Waals surface area contributed by atoms with Gasteiger partial charge in [-0.2, -0.15) is 5.10 Å². The van der Waals surface area contributed by atoms with Crippen molar-refractivity contribution < 1.29 is 14.3 Å². The predicted molar refractivity (Wildman–Crippen MR) is 125 cm³/mol. The maximum Gasteiger partial charge on any atom is 0.409 e. The Hall–Kier alpha value is -2.78. The minimum Gasteiger partial charge on any atom is -0.450 e. The van der Waals surface area contributed by atoms with E-state index in [0.717, 1.165) is 37.9 Å². The van der Waals surface area contributed by atoms with Crippen LogP contribution in [0.2, 0.25) is 0 Å². The third kappa shape index (κ3) is 7.42. The van der Waals surface area contributed by atoms with Crippen LogP contribution in [-0.2, 0) is 23.0 Å². The number of aryl methyl sites for hydroxylation is 2. The number of nitrogens with zero attached hydrogens (tertiary/aromatic N) is 5. The third-order valence-electron chi connectivity index (χ3n) is 5.79. The number of amides is 2. The molecule has 2 heterocycles. The summed E-state index contributed by atoms with van der Waals surface area (Å²) >= 11 is 0. The molecule has 1 aliphatic heterocycles. The van der Waals surface area contributed by atoms with Crippen LogP contribution in [0.25, 0.3) is 0 Å². The average molecular weight is 450 g/mol. The fourth-order valence-electron chi connectivity index (χ4n) is 3.71. The molecule has 0 saturated carbocycles. The number of piperidine rings is 1. The van der Waals surface area contributed by atoms with Gasteiger partial charge in [0.05, 0.1) is 12.3 Å². The topological polar surface area (TPSA) is 104 Å². The maximum absolute atomic E-state index is 12.0. The van der Waals surface area contributed by atoms with Crippen LogP contribution in [0.15, 0.2) is 4.99 Å². The zero-order valence-electron chi connectivity index (χ0n) is 20.4. The highest BCUT2D eigenvalue weighted by Crippen LogP contribution is 2.14. The van der Waals surface area contributed by atoms with Gasteiger partial charge in [-0.1, -0.05) is 0 Å². The largest absolute Gasteiger partial charge is 0.450 e. The first-order valence-electron chi connectivity index (χ1n) is 11.4. The fraction of sp³-hybridized carbons (Fsp3) is 0.727. The summed E-state index contributed by atoms with van der Waals surface area (Å²) in [6.45, 7) is 8.43. The summed E-state index contributed by atoms with van der Waals surface area (Å²) in [4.78, 5) is 31.7. The summed E-state index contributed by atoms with van der Waals surface area (Å²) < 4.78 is 7.01. The normalized spacial score (nSPS) is 14.9. The van der Waals surface area contributed by atoms with Gasteiger partial charge in [0, 0.05) is 52.5 Å². The molecule has 1 aromatic heterocycles. The van der Waals surface area contributed by atoms with Crippen molar-refractivity contribution in [3.63, 3.8) is 0 Å². The highest BCUT2D eigenvalue weighted by Gasteiger charge is 2.24. The van der Waals surface area contributed by atoms with Crippen LogP contribution in [0.4, 0.5) is 4.79 Å². The number of aliphatic imine (C=N–C) groups is 1. The van der Waals surface area contributed by atoms with Crippen LogP contribution in [0.1, 0.15) is 43.1 Å². The smallest absolute Gasteiger partial charge is 0.409 e. The van der Waals surface area contributed by atoms with E-state index in [0.29, 0.717) is 25.7 Å². The molecule has 0 atom stereocenters. The molecule has 0 spiro atoms. The number of carbonyl (C=O) groups excluding carboxylic acids is 2. The molecule has 1 aromatic rings. The second-order valence-corrected chi connectivity index (χ2v) is 8.36. The lowest BCUT2D eigenvalue weighted by Gasteiger charge is -2.32. The van der Waals surface area contributed by atoms with E-state index in [9.17, 15) is 9.59 Å². The van der Waals surface area contributed by atoms with Gasteiger partial charge >= 0.3 is 6.09 Å². The zero-order chi connectivity index (χ0) is 23.7. The van der Waals surface area contributed by atoms with Crippen LogP contribution >= 0.6 is 0 Å². The molecular formula is C22H39N7O3. The third-order valence-corrected chi connectivity index (χ3v) is 5.79. The second kappa shape index (κ2) is 12.3. The molecule has 32 heavy (non-hydrogen) atoms. The monoisotopic (exact) mass is 449 g/mol. The highest BCUT2D eigenvalue weighted by atomic mass is 16.6. The lowest BCUT2D eigenvalue weighted by Crippen LogP contribution is -2.50. The van der Waals surface area contributed by atoms with E-state index in [1.54, 1.807) is 19.0 Å². The summed E-state index contributed by atoms with van der Waals surface area (Å²) in [7, 11) is 5.41. The molecule has 1 fully saturated rings. The number of hydrogen-bond acceptors (Lipinski definition) is 5. The van der Waals surface area contributed by atoms with E-state index in [1.807, 2.05) is 25.6 Å². The van der Waals surface area contributed by atoms with Crippen molar-refractivity contribution in [2.24, 2.45) is 12.0 Å². The zero-order valence-corrected chi connectivity index (χ0v) is 20.4. The second-order valence-electron chi connectivity index (χ2n) is 8.36. The number of aromatic nitrogens is 2. The maximum atomic E-state index is 12.0. The summed E-state index contributed by atoms with van der Waals surface area (Å²) in [6.07, 6.45) is 3.21. The van der Waals surface area contributed by atoms with Gasteiger partial charge in [-0.3, -0.25) is 9.48 Å². The van der Waals surface area contributed by atoms with Gasteiger partial charge < -0.3 is 25.2 Å². The van der Waals surface area contributed by atoms with Gasteiger partial charge in [-0.05, 0) is 52.0 Å². The molecule has 0 bridgehead atoms. The minimum atomic E-state index is -0.254. The van der Waals surface area contributed by atoms with Crippen molar-refractivity contribution in [3.05, 3.63) is 17.0 Å². The summed E-state index contributed by atoms with van der Waals surface area (Å²) in [5, 5.41) is 11.3. The molecular weight excluding hydrogens is 410 g/mol. The molecule has 180 valence electrons. The predicted octanol–water partition coefficient (Wildman–Crippen LogP) is 1.21. The van der Waals surface area contributed by atoms with Crippen LogP contribution < -0.4 is 10.6 Å². The Labute approximate surface area is 191 Å². The number of guanidine groups is 1. The number of nitrogens with one attached hydrogen (secondary N) is 2. The SMILES string of the molecule is CCOC(=O)N1CCC(NC(=NCC(=O)N(C)C)NCCCc2c(C)nn(C)c2C)CC1. The Morgan fingerprint density at radius 3 is 2.50 bits per heavy atom. The average Bonchev–Trinajstić information content (AvgIpc) is 3.00. The highest BCUT2D eigenvalue weighted by molar-refractivity contribution is 5.85. The molecule has 2 N–H and O–H groups in total. The van der Waals surface area contributed by atoms with Gasteiger partial charge in [0.25, 0.3) is 0 Å². The molecule has 1 saturated heterocycles. The quantitative estimate of drug-likeness (QED) is 0.351. The van der Waals surface area contributed by atoms with Crippen LogP contribution in [0.3, 0.4) is 0 Å². The Kier molecular flexibility index (Phi) is 9.80. The first-order chi connectivity index (χ1) is 15.2. The number of hydrogen-bond donors (Lipinski definition) is 2. The van der Waals surface area contributed by atoms with E-state index in [1.165, 1.54) is 16.2 Å². The van der Waals surface area contributed by atoms with Crippen LogP contribution in [0, 0.1) is 13.8 Å². The number of rotatable bonds is 8. The molecule has 0 aliphatic carbocycles. The molecule has 10 heteroatoms. The van der Waals surface area contributed by atoms with E-state index in [2.05, 4.69) is 27.6 Å². The van der Waals surface area contributed by atoms with Crippen LogP contribution in [-0.4, -0.2) is 90.5 Å². The standard InChI is InChI=1S/C22H39N7O3/c1-7-32-22(31)29-13-10-18(11-14-29)25-21(24-15-20(30)27(4)5)23-12-8-9-19-16(2)26-28(6)17(19)3/h18H,7-15H2,1-6H3,(H2,23,24,25). The lowest BCUT2D eigenvalue weighted by molar-refractivity contribution is -0.127. The van der Waals surface area contributed by atoms with E-state index >= 15 is 0 Å². The molecule has 10 nitrogen and oxygen atoms in total. The number of carbonyl (C=O) groups is 2. The molecule has 0 aromatic carbocycles. The Morgan fingerprint density at radius 2 is 1.94 bits per heavy atom. The molecule has 1 aliphatic rings. The van der Waals surface area contributed by atoms with E-state index in [-0.39, 0.29) is 24.6 Å². The number of ether oxygens (including phenoxy) is 1. The van der Waals surface area contributed by atoms with Gasteiger partial charge in [0.15, 0.2) is 5.96 Å². The van der Waals surface area contributed by atoms with Crippen LogP contribution in [0.5, 0.6) is 0 Å². The van der Waals surface area contributed by atoms with Gasteiger partial charge in [0.2, 0.25) is 5.91 Å². The first-order valence-corrected chi connectivity index (χ1v) is 11.4. The lowest BCUT2D eigenvalue weighted by atomic mass is 10.1. The Bertz CT molecular complexity index is 796. The van der Waals surface area contributed by atoms with Gasteiger partial charge in [-0.15, -0.1) is 0 Å². The van der Waals surface area contributed by atoms with E-state index in [4.69, 9.17) is 4.74 Å². The summed E-state index contributed by atoms with van der Waals surface area (Å²) in [5.41, 5.74) is 3.55. The Morgan fingerprint density at radius 1 is 1.25 bits per heavy atom. The van der Waals surface area contributed by atoms with Crippen molar-refractivity contribution >= 4 is 18.0 Å². The van der Waals surface area contributed by atoms with Gasteiger partial charge in [-0.25, -0.2) is 9.79 Å². The number of likely N-dealkylation sites (tertiary alicyclic amines) is 1. The Balaban J connectivity index is 1.89. The molecule has 2 rings (SSSR count). The van der Waals surface area contributed by atoms with Crippen molar-refractivity contribution in [2.45, 2.75) is 52.5 Å². The van der Waals surface area contributed by atoms with Crippen molar-refractivity contribution in [1.82, 2.24) is 30.2 Å². The fourth-order valence-corrected chi connectivity index (χ4v) is 3.71.